The topological polar surface area (TPSA) is 88.7 Å². The van der Waals surface area contributed by atoms with Crippen molar-refractivity contribution in [2.24, 2.45) is 18.9 Å². The van der Waals surface area contributed by atoms with E-state index < -0.39 is 15.6 Å². The molecule has 0 bridgehead atoms. The molecule has 0 N–H and O–H groups in total. The van der Waals surface area contributed by atoms with Gasteiger partial charge in [-0.15, -0.1) is 0 Å². The number of sulfonamides is 1. The highest BCUT2D eigenvalue weighted by molar-refractivity contribution is 7.89. The molecule has 0 fully saturated rings. The highest BCUT2D eigenvalue weighted by Gasteiger charge is 2.45. The average Bonchev–Trinajstić information content (AvgIpc) is 3.34. The van der Waals surface area contributed by atoms with E-state index in [2.05, 4.69) is 32.8 Å². The maximum Gasteiger partial charge on any atom is 0.244 e. The summed E-state index contributed by atoms with van der Waals surface area (Å²) in [4.78, 5) is 15.9. The Morgan fingerprint density at radius 1 is 1.09 bits per heavy atom. The van der Waals surface area contributed by atoms with Gasteiger partial charge < -0.3 is 9.32 Å². The van der Waals surface area contributed by atoms with E-state index in [4.69, 9.17) is 4.42 Å². The summed E-state index contributed by atoms with van der Waals surface area (Å²) in [5.41, 5.74) is 0.750. The van der Waals surface area contributed by atoms with E-state index in [1.165, 1.54) is 16.6 Å². The standard InChI is InChI=1S/C26H38N4O4S/c1-18(2)15-29(16-19(3)4)25(31)26(6,7)30(17-22-13-20(5)27-28(22)8)35(32,33)23-9-10-24-21(14-23)11-12-34-24/h9-14,18-19H,15-17H2,1-8H3. The number of rotatable bonds is 10. The number of benzene rings is 1. The Labute approximate surface area is 208 Å². The van der Waals surface area contributed by atoms with Gasteiger partial charge in [0.25, 0.3) is 0 Å². The van der Waals surface area contributed by atoms with Crippen LogP contribution in [0.5, 0.6) is 0 Å². The molecule has 0 saturated carbocycles. The maximum absolute atomic E-state index is 14.1. The van der Waals surface area contributed by atoms with E-state index in [9.17, 15) is 13.2 Å². The Morgan fingerprint density at radius 3 is 2.26 bits per heavy atom. The zero-order valence-electron chi connectivity index (χ0n) is 22.1. The molecule has 8 nitrogen and oxygen atoms in total. The van der Waals surface area contributed by atoms with Crippen molar-refractivity contribution in [3.63, 3.8) is 0 Å². The lowest BCUT2D eigenvalue weighted by Gasteiger charge is -2.40. The first-order valence-corrected chi connectivity index (χ1v) is 13.5. The number of nitrogens with zero attached hydrogens (tertiary/aromatic N) is 4. The first-order chi connectivity index (χ1) is 16.2. The van der Waals surface area contributed by atoms with Crippen LogP contribution < -0.4 is 0 Å². The second kappa shape index (κ2) is 10.1. The third-order valence-corrected chi connectivity index (χ3v) is 8.04. The minimum absolute atomic E-state index is 0.0129. The number of fused-ring (bicyclic) bond motifs is 1. The molecule has 3 rings (SSSR count). The van der Waals surface area contributed by atoms with Crippen molar-refractivity contribution >= 4 is 26.9 Å². The average molecular weight is 503 g/mol. The van der Waals surface area contributed by atoms with Crippen LogP contribution in [0.2, 0.25) is 0 Å². The molecule has 1 aromatic carbocycles. The quantitative estimate of drug-likeness (QED) is 0.405. The van der Waals surface area contributed by atoms with Crippen LogP contribution in [0, 0.1) is 18.8 Å². The molecular formula is C26H38N4O4S. The Kier molecular flexibility index (Phi) is 7.81. The minimum Gasteiger partial charge on any atom is -0.464 e. The molecule has 0 unspecified atom stereocenters. The lowest BCUT2D eigenvalue weighted by molar-refractivity contribution is -0.141. The number of amides is 1. The van der Waals surface area contributed by atoms with Crippen molar-refractivity contribution in [2.75, 3.05) is 13.1 Å². The van der Waals surface area contributed by atoms with Gasteiger partial charge in [0.1, 0.15) is 11.1 Å². The van der Waals surface area contributed by atoms with Crippen molar-refractivity contribution in [1.82, 2.24) is 19.0 Å². The molecule has 192 valence electrons. The van der Waals surface area contributed by atoms with Gasteiger partial charge in [0.2, 0.25) is 15.9 Å². The fourth-order valence-electron chi connectivity index (χ4n) is 4.39. The summed E-state index contributed by atoms with van der Waals surface area (Å²) in [6.07, 6.45) is 1.53. The van der Waals surface area contributed by atoms with E-state index >= 15 is 0 Å². The van der Waals surface area contributed by atoms with Gasteiger partial charge in [-0.05, 0) is 62.9 Å². The highest BCUT2D eigenvalue weighted by Crippen LogP contribution is 2.31. The zero-order chi connectivity index (χ0) is 26.1. The van der Waals surface area contributed by atoms with Crippen molar-refractivity contribution < 1.29 is 17.6 Å². The molecule has 0 saturated heterocycles. The van der Waals surface area contributed by atoms with Gasteiger partial charge >= 0.3 is 0 Å². The third-order valence-electron chi connectivity index (χ3n) is 6.02. The van der Waals surface area contributed by atoms with E-state index in [1.54, 1.807) is 48.7 Å². The summed E-state index contributed by atoms with van der Waals surface area (Å²) in [6, 6.07) is 8.35. The molecule has 2 heterocycles. The zero-order valence-corrected chi connectivity index (χ0v) is 22.9. The fourth-order valence-corrected chi connectivity index (χ4v) is 6.14. The normalized spacial score (nSPS) is 12.9. The number of furan rings is 1. The molecule has 9 heteroatoms. The van der Waals surface area contributed by atoms with Gasteiger partial charge in [0.15, 0.2) is 0 Å². The fraction of sp³-hybridized carbons (Fsp3) is 0.538. The number of hydrogen-bond donors (Lipinski definition) is 0. The molecule has 0 radical (unpaired) electrons. The van der Waals surface area contributed by atoms with Crippen LogP contribution in [-0.2, 0) is 28.4 Å². The molecule has 0 atom stereocenters. The van der Waals surface area contributed by atoms with Gasteiger partial charge in [-0.25, -0.2) is 8.42 Å². The third kappa shape index (κ3) is 5.78. The van der Waals surface area contributed by atoms with E-state index in [1.807, 2.05) is 13.0 Å². The van der Waals surface area contributed by atoms with E-state index in [0.29, 0.717) is 29.8 Å². The molecule has 0 spiro atoms. The number of hydrogen-bond acceptors (Lipinski definition) is 5. The summed E-state index contributed by atoms with van der Waals surface area (Å²) in [5, 5.41) is 5.07. The summed E-state index contributed by atoms with van der Waals surface area (Å²) < 4.78 is 36.6. The summed E-state index contributed by atoms with van der Waals surface area (Å²) in [7, 11) is -2.29. The molecule has 3 aromatic rings. The number of aryl methyl sites for hydroxylation is 2. The Balaban J connectivity index is 2.12. The number of carbonyl (C=O) groups is 1. The Hall–Kier alpha value is -2.65. The van der Waals surface area contributed by atoms with Crippen molar-refractivity contribution in [3.8, 4) is 0 Å². The van der Waals surface area contributed by atoms with Crippen molar-refractivity contribution in [3.05, 3.63) is 48.0 Å². The Morgan fingerprint density at radius 2 is 1.71 bits per heavy atom. The lowest BCUT2D eigenvalue weighted by Crippen LogP contribution is -2.58. The van der Waals surface area contributed by atoms with Gasteiger partial charge in [0.05, 0.1) is 29.1 Å². The van der Waals surface area contributed by atoms with Gasteiger partial charge in [-0.1, -0.05) is 27.7 Å². The van der Waals surface area contributed by atoms with Crippen LogP contribution in [-0.4, -0.2) is 51.9 Å². The number of carbonyl (C=O) groups excluding carboxylic acids is 1. The second-order valence-corrected chi connectivity index (χ2v) is 12.5. The van der Waals surface area contributed by atoms with Crippen LogP contribution >= 0.6 is 0 Å². The smallest absolute Gasteiger partial charge is 0.244 e. The van der Waals surface area contributed by atoms with Crippen LogP contribution in [0.1, 0.15) is 52.9 Å². The van der Waals surface area contributed by atoms with E-state index in [-0.39, 0.29) is 29.2 Å². The number of aromatic nitrogens is 2. The molecular weight excluding hydrogens is 464 g/mol. The first-order valence-electron chi connectivity index (χ1n) is 12.0. The molecule has 1 amide bonds. The van der Waals surface area contributed by atoms with Crippen molar-refractivity contribution in [2.45, 2.75) is 65.4 Å². The first kappa shape index (κ1) is 26.9. The van der Waals surface area contributed by atoms with Crippen molar-refractivity contribution in [1.29, 1.82) is 0 Å². The largest absolute Gasteiger partial charge is 0.464 e. The predicted octanol–water partition coefficient (Wildman–Crippen LogP) is 4.58. The predicted molar refractivity (Wildman–Crippen MR) is 137 cm³/mol. The van der Waals surface area contributed by atoms with Crippen LogP contribution in [0.4, 0.5) is 0 Å². The van der Waals surface area contributed by atoms with Crippen LogP contribution in [0.15, 0.2) is 45.9 Å². The summed E-state index contributed by atoms with van der Waals surface area (Å²) >= 11 is 0. The van der Waals surface area contributed by atoms with Gasteiger partial charge in [0, 0.05) is 25.5 Å². The SMILES string of the molecule is Cc1cc(CN(C(C)(C)C(=O)N(CC(C)C)CC(C)C)S(=O)(=O)c2ccc3occc3c2)n(C)n1. The maximum atomic E-state index is 14.1. The molecule has 35 heavy (non-hydrogen) atoms. The van der Waals surface area contributed by atoms with E-state index in [0.717, 1.165) is 5.69 Å². The molecule has 0 aliphatic carbocycles. The van der Waals surface area contributed by atoms with Crippen LogP contribution in [0.3, 0.4) is 0 Å². The lowest BCUT2D eigenvalue weighted by atomic mass is 10.0. The molecule has 0 aliphatic heterocycles. The van der Waals surface area contributed by atoms with Crippen LogP contribution in [0.25, 0.3) is 11.0 Å². The monoisotopic (exact) mass is 502 g/mol. The summed E-state index contributed by atoms with van der Waals surface area (Å²) in [6.45, 7) is 14.6. The molecule has 0 aliphatic rings. The summed E-state index contributed by atoms with van der Waals surface area (Å²) in [5.74, 6) is 0.287. The molecule has 2 aromatic heterocycles. The Bertz CT molecular complexity index is 1280. The minimum atomic E-state index is -4.07. The second-order valence-electron chi connectivity index (χ2n) is 10.6. The van der Waals surface area contributed by atoms with Gasteiger partial charge in [-0.2, -0.15) is 9.40 Å². The highest BCUT2D eigenvalue weighted by atomic mass is 32.2. The van der Waals surface area contributed by atoms with Gasteiger partial charge in [-0.3, -0.25) is 9.48 Å².